The van der Waals surface area contributed by atoms with Crippen LogP contribution in [0, 0.1) is 0 Å². The van der Waals surface area contributed by atoms with E-state index in [0.717, 1.165) is 4.31 Å². The van der Waals surface area contributed by atoms with E-state index in [0.29, 0.717) is 11.5 Å². The van der Waals surface area contributed by atoms with Crippen molar-refractivity contribution < 1.29 is 17.9 Å². The Bertz CT molecular complexity index is 874. The van der Waals surface area contributed by atoms with Gasteiger partial charge in [0.2, 0.25) is 10.0 Å². The van der Waals surface area contributed by atoms with E-state index in [4.69, 9.17) is 9.47 Å². The monoisotopic (exact) mass is 369 g/mol. The molecule has 0 N–H and O–H groups in total. The Hall–Kier alpha value is -2.83. The van der Waals surface area contributed by atoms with Gasteiger partial charge in [-0.1, -0.05) is 54.6 Å². The molecule has 0 spiro atoms. The molecule has 3 aromatic rings. The highest BCUT2D eigenvalue weighted by atomic mass is 32.2. The summed E-state index contributed by atoms with van der Waals surface area (Å²) in [5, 5.41) is 0. The Kier molecular flexibility index (Phi) is 5.55. The predicted molar refractivity (Wildman–Crippen MR) is 99.3 cm³/mol. The summed E-state index contributed by atoms with van der Waals surface area (Å²) in [6.07, 6.45) is -1.16. The van der Waals surface area contributed by atoms with E-state index < -0.39 is 16.4 Å². The first-order valence-electron chi connectivity index (χ1n) is 8.04. The Labute approximate surface area is 153 Å². The molecule has 0 fully saturated rings. The molecule has 3 aromatic carbocycles. The van der Waals surface area contributed by atoms with Gasteiger partial charge in [0, 0.05) is 7.05 Å². The molecule has 0 saturated heterocycles. The zero-order valence-corrected chi connectivity index (χ0v) is 15.0. The molecule has 134 valence electrons. The van der Waals surface area contributed by atoms with Gasteiger partial charge >= 0.3 is 6.41 Å². The van der Waals surface area contributed by atoms with Gasteiger partial charge in [-0.25, -0.2) is 8.42 Å². The van der Waals surface area contributed by atoms with Gasteiger partial charge in [-0.05, 0) is 36.4 Å². The minimum absolute atomic E-state index is 0.167. The van der Waals surface area contributed by atoms with E-state index in [9.17, 15) is 8.42 Å². The number of ether oxygens (including phenoxy) is 2. The standard InChI is InChI=1S/C20H19NO4S/c1-21(26(22,23)19-15-9-4-10-16-19)20(24-17-11-5-2-6-12-17)25-18-13-7-3-8-14-18/h2-16,20H,1H3. The largest absolute Gasteiger partial charge is 0.441 e. The highest BCUT2D eigenvalue weighted by molar-refractivity contribution is 7.89. The number of hydrogen-bond donors (Lipinski definition) is 0. The molecule has 3 rings (SSSR count). The molecule has 0 aliphatic heterocycles. The van der Waals surface area contributed by atoms with Crippen LogP contribution in [0.5, 0.6) is 11.5 Å². The second kappa shape index (κ2) is 8.03. The summed E-state index contributed by atoms with van der Waals surface area (Å²) in [6.45, 7) is 0. The molecular weight excluding hydrogens is 350 g/mol. The molecule has 26 heavy (non-hydrogen) atoms. The summed E-state index contributed by atoms with van der Waals surface area (Å²) in [5.41, 5.74) is 0. The lowest BCUT2D eigenvalue weighted by atomic mass is 10.3. The Balaban J connectivity index is 1.91. The quantitative estimate of drug-likeness (QED) is 0.595. The molecule has 0 amide bonds. The van der Waals surface area contributed by atoms with Gasteiger partial charge in [-0.15, -0.1) is 4.31 Å². The third kappa shape index (κ3) is 4.22. The maximum absolute atomic E-state index is 12.9. The van der Waals surface area contributed by atoms with E-state index >= 15 is 0 Å². The van der Waals surface area contributed by atoms with Crippen molar-refractivity contribution >= 4 is 10.0 Å². The number of benzene rings is 3. The fraction of sp³-hybridized carbons (Fsp3) is 0.100. The van der Waals surface area contributed by atoms with Gasteiger partial charge in [0.25, 0.3) is 0 Å². The van der Waals surface area contributed by atoms with Gasteiger partial charge in [-0.3, -0.25) is 0 Å². The lowest BCUT2D eigenvalue weighted by Crippen LogP contribution is -2.44. The van der Waals surface area contributed by atoms with Gasteiger partial charge < -0.3 is 9.47 Å². The van der Waals surface area contributed by atoms with Crippen molar-refractivity contribution in [3.8, 4) is 11.5 Å². The highest BCUT2D eigenvalue weighted by Crippen LogP contribution is 2.22. The summed E-state index contributed by atoms with van der Waals surface area (Å²) in [7, 11) is -2.37. The van der Waals surface area contributed by atoms with Crippen LogP contribution in [0.15, 0.2) is 95.9 Å². The maximum atomic E-state index is 12.9. The molecule has 0 atom stereocenters. The minimum atomic E-state index is -3.80. The molecule has 0 saturated carbocycles. The molecule has 0 radical (unpaired) electrons. The number of nitrogens with zero attached hydrogens (tertiary/aromatic N) is 1. The summed E-state index contributed by atoms with van der Waals surface area (Å²) in [6, 6.07) is 26.1. The van der Waals surface area contributed by atoms with E-state index in [2.05, 4.69) is 0 Å². The normalized spacial score (nSPS) is 11.5. The first-order chi connectivity index (χ1) is 12.6. The third-order valence-electron chi connectivity index (χ3n) is 3.68. The van der Waals surface area contributed by atoms with Crippen LogP contribution in [0.2, 0.25) is 0 Å². The van der Waals surface area contributed by atoms with Crippen molar-refractivity contribution in [2.75, 3.05) is 7.05 Å². The Morgan fingerprint density at radius 1 is 0.692 bits per heavy atom. The molecule has 0 aromatic heterocycles. The van der Waals surface area contributed by atoms with Crippen LogP contribution in [-0.4, -0.2) is 26.2 Å². The number of rotatable bonds is 7. The van der Waals surface area contributed by atoms with Crippen LogP contribution in [-0.2, 0) is 10.0 Å². The van der Waals surface area contributed by atoms with Crippen molar-refractivity contribution in [3.05, 3.63) is 91.0 Å². The molecule has 0 aliphatic rings. The minimum Gasteiger partial charge on any atom is -0.441 e. The molecule has 0 bridgehead atoms. The fourth-order valence-electron chi connectivity index (χ4n) is 2.28. The van der Waals surface area contributed by atoms with Crippen LogP contribution >= 0.6 is 0 Å². The van der Waals surface area contributed by atoms with Crippen molar-refractivity contribution in [2.45, 2.75) is 11.3 Å². The molecular formula is C20H19NO4S. The topological polar surface area (TPSA) is 55.8 Å². The smallest absolute Gasteiger partial charge is 0.317 e. The first kappa shape index (κ1) is 18.0. The van der Waals surface area contributed by atoms with Gasteiger partial charge in [0.1, 0.15) is 11.5 Å². The molecule has 5 nitrogen and oxygen atoms in total. The van der Waals surface area contributed by atoms with Gasteiger partial charge in [0.05, 0.1) is 4.90 Å². The van der Waals surface area contributed by atoms with Gasteiger partial charge in [-0.2, -0.15) is 0 Å². The van der Waals surface area contributed by atoms with Crippen LogP contribution in [0.4, 0.5) is 0 Å². The van der Waals surface area contributed by atoms with E-state index in [1.54, 1.807) is 66.7 Å². The third-order valence-corrected chi connectivity index (χ3v) is 5.48. The van der Waals surface area contributed by atoms with Crippen molar-refractivity contribution in [1.29, 1.82) is 0 Å². The predicted octanol–water partition coefficient (Wildman–Crippen LogP) is 3.75. The zero-order valence-electron chi connectivity index (χ0n) is 14.2. The van der Waals surface area contributed by atoms with Gasteiger partial charge in [0.15, 0.2) is 0 Å². The molecule has 0 unspecified atom stereocenters. The summed E-state index contributed by atoms with van der Waals surface area (Å²) in [4.78, 5) is 0.167. The fourth-order valence-corrected chi connectivity index (χ4v) is 3.42. The second-order valence-corrected chi connectivity index (χ2v) is 7.50. The molecule has 0 heterocycles. The average Bonchev–Trinajstić information content (AvgIpc) is 2.69. The molecule has 6 heteroatoms. The SMILES string of the molecule is CN(C(Oc1ccccc1)Oc1ccccc1)S(=O)(=O)c1ccccc1. The number of para-hydroxylation sites is 2. The second-order valence-electron chi connectivity index (χ2n) is 5.50. The number of sulfonamides is 1. The van der Waals surface area contributed by atoms with Crippen LogP contribution in [0.3, 0.4) is 0 Å². The van der Waals surface area contributed by atoms with Crippen LogP contribution in [0.1, 0.15) is 0 Å². The number of hydrogen-bond acceptors (Lipinski definition) is 4. The first-order valence-corrected chi connectivity index (χ1v) is 9.48. The summed E-state index contributed by atoms with van der Waals surface area (Å²) < 4.78 is 38.5. The lowest BCUT2D eigenvalue weighted by molar-refractivity contribution is -0.0663. The van der Waals surface area contributed by atoms with E-state index in [1.807, 2.05) is 12.1 Å². The van der Waals surface area contributed by atoms with Crippen molar-refractivity contribution in [2.24, 2.45) is 0 Å². The van der Waals surface area contributed by atoms with E-state index in [-0.39, 0.29) is 4.90 Å². The van der Waals surface area contributed by atoms with E-state index in [1.165, 1.54) is 19.2 Å². The van der Waals surface area contributed by atoms with Crippen LogP contribution < -0.4 is 9.47 Å². The average molecular weight is 369 g/mol. The van der Waals surface area contributed by atoms with Crippen LogP contribution in [0.25, 0.3) is 0 Å². The zero-order chi connectivity index (χ0) is 18.4. The lowest BCUT2D eigenvalue weighted by Gasteiger charge is -2.28. The maximum Gasteiger partial charge on any atom is 0.317 e. The Morgan fingerprint density at radius 2 is 1.08 bits per heavy atom. The summed E-state index contributed by atoms with van der Waals surface area (Å²) >= 11 is 0. The van der Waals surface area contributed by atoms with Crippen molar-refractivity contribution in [1.82, 2.24) is 4.31 Å². The summed E-state index contributed by atoms with van der Waals surface area (Å²) in [5.74, 6) is 1.01. The molecule has 0 aliphatic carbocycles. The van der Waals surface area contributed by atoms with Crippen molar-refractivity contribution in [3.63, 3.8) is 0 Å². The highest BCUT2D eigenvalue weighted by Gasteiger charge is 2.31. The Morgan fingerprint density at radius 3 is 1.50 bits per heavy atom.